The number of nitrogens with two attached hydrogens (primary N) is 1. The Morgan fingerprint density at radius 1 is 1.39 bits per heavy atom. The summed E-state index contributed by atoms with van der Waals surface area (Å²) in [4.78, 5) is 1.16. The predicted octanol–water partition coefficient (Wildman–Crippen LogP) is 1.89. The molecule has 0 saturated carbocycles. The molecule has 23 heavy (non-hydrogen) atoms. The van der Waals surface area contributed by atoms with Crippen LogP contribution in [0, 0.1) is 11.3 Å². The summed E-state index contributed by atoms with van der Waals surface area (Å²) in [6.07, 6.45) is 2.90. The highest BCUT2D eigenvalue weighted by Crippen LogP contribution is 2.43. The molecule has 4 N–H and O–H groups in total. The number of ether oxygens (including phenoxy) is 1. The summed E-state index contributed by atoms with van der Waals surface area (Å²) >= 11 is 0. The van der Waals surface area contributed by atoms with Gasteiger partial charge in [-0.25, -0.2) is 0 Å². The van der Waals surface area contributed by atoms with E-state index >= 15 is 0 Å². The summed E-state index contributed by atoms with van der Waals surface area (Å²) in [5.74, 6) is 5.32. The monoisotopic (exact) mass is 312 g/mol. The standard InChI is InChI=1S/C16H16N4O3/c1-2-3-11-15-14(9-4-5-12(21)13(22)6-9)10(7-17)8-23-16(15)20(18)19-11/h4-6,8,14,21-22H,2-3,18H2,1H3. The quantitative estimate of drug-likeness (QED) is 0.588. The van der Waals surface area contributed by atoms with Gasteiger partial charge in [-0.1, -0.05) is 19.4 Å². The van der Waals surface area contributed by atoms with Gasteiger partial charge in [0.25, 0.3) is 0 Å². The molecule has 1 unspecified atom stereocenters. The third-order valence-electron chi connectivity index (χ3n) is 3.82. The van der Waals surface area contributed by atoms with Crippen LogP contribution >= 0.6 is 0 Å². The van der Waals surface area contributed by atoms with E-state index in [2.05, 4.69) is 11.2 Å². The Morgan fingerprint density at radius 3 is 2.83 bits per heavy atom. The number of nitrogen functional groups attached to an aromatic ring is 1. The summed E-state index contributed by atoms with van der Waals surface area (Å²) in [5.41, 5.74) is 2.51. The first-order chi connectivity index (χ1) is 11.1. The van der Waals surface area contributed by atoms with Crippen molar-refractivity contribution in [2.75, 3.05) is 5.84 Å². The van der Waals surface area contributed by atoms with Crippen LogP contribution in [0.4, 0.5) is 0 Å². The average molecular weight is 312 g/mol. The zero-order valence-corrected chi connectivity index (χ0v) is 12.5. The van der Waals surface area contributed by atoms with E-state index in [0.717, 1.165) is 22.5 Å². The Hall–Kier alpha value is -3.14. The smallest absolute Gasteiger partial charge is 0.241 e. The highest BCUT2D eigenvalue weighted by molar-refractivity contribution is 5.56. The average Bonchev–Trinajstić information content (AvgIpc) is 2.86. The predicted molar refractivity (Wildman–Crippen MR) is 82.3 cm³/mol. The highest BCUT2D eigenvalue weighted by Gasteiger charge is 2.33. The molecule has 0 spiro atoms. The van der Waals surface area contributed by atoms with Crippen molar-refractivity contribution in [3.63, 3.8) is 0 Å². The summed E-state index contributed by atoms with van der Waals surface area (Å²) in [6, 6.07) is 6.60. The Kier molecular flexibility index (Phi) is 3.58. The molecule has 1 aliphatic rings. The topological polar surface area (TPSA) is 117 Å². The van der Waals surface area contributed by atoms with E-state index in [9.17, 15) is 15.5 Å². The molecule has 7 nitrogen and oxygen atoms in total. The number of fused-ring (bicyclic) bond motifs is 1. The molecule has 0 saturated heterocycles. The number of nitrogens with zero attached hydrogens (tertiary/aromatic N) is 3. The number of benzene rings is 1. The maximum atomic E-state index is 9.79. The molecule has 0 bridgehead atoms. The minimum Gasteiger partial charge on any atom is -0.504 e. The van der Waals surface area contributed by atoms with Crippen LogP contribution in [0.3, 0.4) is 0 Å². The lowest BCUT2D eigenvalue weighted by atomic mass is 9.84. The van der Waals surface area contributed by atoms with Crippen LogP contribution in [-0.4, -0.2) is 20.1 Å². The van der Waals surface area contributed by atoms with Gasteiger partial charge >= 0.3 is 0 Å². The van der Waals surface area contributed by atoms with Gasteiger partial charge in [-0.3, -0.25) is 0 Å². The second kappa shape index (κ2) is 5.57. The van der Waals surface area contributed by atoms with E-state index in [4.69, 9.17) is 10.6 Å². The Bertz CT molecular complexity index is 833. The van der Waals surface area contributed by atoms with Crippen LogP contribution in [0.25, 0.3) is 0 Å². The second-order valence-corrected chi connectivity index (χ2v) is 5.34. The normalized spacial score (nSPS) is 16.2. The molecule has 7 heteroatoms. The van der Waals surface area contributed by atoms with Crippen molar-refractivity contribution < 1.29 is 14.9 Å². The molecule has 1 aliphatic heterocycles. The lowest BCUT2D eigenvalue weighted by Gasteiger charge is -2.22. The van der Waals surface area contributed by atoms with E-state index in [1.807, 2.05) is 6.92 Å². The van der Waals surface area contributed by atoms with Crippen LogP contribution in [0.2, 0.25) is 0 Å². The molecule has 0 amide bonds. The van der Waals surface area contributed by atoms with Crippen molar-refractivity contribution in [2.24, 2.45) is 0 Å². The van der Waals surface area contributed by atoms with E-state index in [-0.39, 0.29) is 11.5 Å². The molecule has 0 radical (unpaired) electrons. The first kappa shape index (κ1) is 14.8. The third-order valence-corrected chi connectivity index (χ3v) is 3.82. The molecule has 3 rings (SSSR count). The molecule has 0 aliphatic carbocycles. The first-order valence-electron chi connectivity index (χ1n) is 7.22. The second-order valence-electron chi connectivity index (χ2n) is 5.34. The van der Waals surface area contributed by atoms with E-state index in [1.54, 1.807) is 6.07 Å². The molecule has 1 aromatic carbocycles. The molecule has 2 heterocycles. The number of allylic oxidation sites excluding steroid dienone is 1. The van der Waals surface area contributed by atoms with Crippen molar-refractivity contribution in [2.45, 2.75) is 25.7 Å². The van der Waals surface area contributed by atoms with Gasteiger partial charge in [-0.05, 0) is 24.1 Å². The Morgan fingerprint density at radius 2 is 2.17 bits per heavy atom. The fourth-order valence-corrected chi connectivity index (χ4v) is 2.81. The van der Waals surface area contributed by atoms with Crippen LogP contribution in [0.5, 0.6) is 17.4 Å². The molecule has 1 aromatic heterocycles. The first-order valence-corrected chi connectivity index (χ1v) is 7.22. The van der Waals surface area contributed by atoms with E-state index in [1.165, 1.54) is 18.4 Å². The van der Waals surface area contributed by atoms with Crippen molar-refractivity contribution in [1.29, 1.82) is 5.26 Å². The van der Waals surface area contributed by atoms with Gasteiger partial charge in [0.15, 0.2) is 11.5 Å². The number of nitriles is 1. The van der Waals surface area contributed by atoms with Gasteiger partial charge in [0, 0.05) is 0 Å². The van der Waals surface area contributed by atoms with Crippen molar-refractivity contribution in [3.8, 4) is 23.4 Å². The van der Waals surface area contributed by atoms with Crippen molar-refractivity contribution >= 4 is 0 Å². The van der Waals surface area contributed by atoms with Crippen molar-refractivity contribution in [1.82, 2.24) is 9.89 Å². The van der Waals surface area contributed by atoms with Gasteiger partial charge in [-0.15, -0.1) is 4.79 Å². The zero-order valence-electron chi connectivity index (χ0n) is 12.5. The molecule has 118 valence electrons. The van der Waals surface area contributed by atoms with E-state index < -0.39 is 5.92 Å². The maximum Gasteiger partial charge on any atom is 0.241 e. The molecule has 2 aromatic rings. The molecular formula is C16H16N4O3. The number of phenolic OH excluding ortho intramolecular Hbond substituents is 2. The fraction of sp³-hybridized carbons (Fsp3) is 0.250. The van der Waals surface area contributed by atoms with Gasteiger partial charge < -0.3 is 20.8 Å². The molecule has 0 fully saturated rings. The van der Waals surface area contributed by atoms with Crippen LogP contribution in [0.15, 0.2) is 30.0 Å². The minimum absolute atomic E-state index is 0.216. The molecular weight excluding hydrogens is 296 g/mol. The molecule has 1 atom stereocenters. The number of aryl methyl sites for hydroxylation is 1. The minimum atomic E-state index is -0.450. The fourth-order valence-electron chi connectivity index (χ4n) is 2.81. The van der Waals surface area contributed by atoms with Gasteiger partial charge in [0.05, 0.1) is 28.8 Å². The largest absolute Gasteiger partial charge is 0.504 e. The number of phenols is 2. The van der Waals surface area contributed by atoms with Gasteiger partial charge in [0.2, 0.25) is 5.88 Å². The van der Waals surface area contributed by atoms with Crippen LogP contribution in [0.1, 0.15) is 36.1 Å². The number of aromatic hydroxyl groups is 2. The van der Waals surface area contributed by atoms with Gasteiger partial charge in [0.1, 0.15) is 6.26 Å². The number of aromatic nitrogens is 2. The lowest BCUT2D eigenvalue weighted by Crippen LogP contribution is -2.16. The number of hydrogen-bond donors (Lipinski definition) is 3. The summed E-state index contributed by atoms with van der Waals surface area (Å²) in [5, 5.41) is 33.0. The highest BCUT2D eigenvalue weighted by atomic mass is 16.5. The van der Waals surface area contributed by atoms with Gasteiger partial charge in [-0.2, -0.15) is 10.4 Å². The zero-order chi connectivity index (χ0) is 16.6. The Balaban J connectivity index is 2.20. The summed E-state index contributed by atoms with van der Waals surface area (Å²) < 4.78 is 5.47. The number of rotatable bonds is 3. The maximum absolute atomic E-state index is 9.79. The lowest BCUT2D eigenvalue weighted by molar-refractivity contribution is 0.401. The van der Waals surface area contributed by atoms with Crippen LogP contribution < -0.4 is 10.6 Å². The van der Waals surface area contributed by atoms with E-state index in [0.29, 0.717) is 23.4 Å². The summed E-state index contributed by atoms with van der Waals surface area (Å²) in [7, 11) is 0. The van der Waals surface area contributed by atoms with Crippen molar-refractivity contribution in [3.05, 3.63) is 46.9 Å². The number of hydrogen-bond acceptors (Lipinski definition) is 6. The van der Waals surface area contributed by atoms with Crippen LogP contribution in [-0.2, 0) is 6.42 Å². The SMILES string of the molecule is CCCc1nn(N)c2c1C(c1ccc(O)c(O)c1)C(C#N)=CO2. The summed E-state index contributed by atoms with van der Waals surface area (Å²) in [6.45, 7) is 2.02. The third kappa shape index (κ3) is 2.34. The Labute approximate surface area is 132 Å².